The van der Waals surface area contributed by atoms with Crippen molar-refractivity contribution in [1.29, 1.82) is 0 Å². The molecule has 8 fully saturated rings. The zero-order valence-electron chi connectivity index (χ0n) is 82.7. The molecule has 3 radical (unpaired) electrons. The molecule has 9 heterocycles. The summed E-state index contributed by atoms with van der Waals surface area (Å²) in [5.41, 5.74) is -3.35. The second-order valence-corrected chi connectivity index (χ2v) is 42.9. The summed E-state index contributed by atoms with van der Waals surface area (Å²) >= 11 is 0. The summed E-state index contributed by atoms with van der Waals surface area (Å²) in [7, 11) is 0. The van der Waals surface area contributed by atoms with E-state index >= 15 is 26.3 Å². The van der Waals surface area contributed by atoms with Crippen LogP contribution in [0.25, 0.3) is 33.0 Å². The van der Waals surface area contributed by atoms with E-state index in [1.807, 2.05) is 81.2 Å². The third-order valence-electron chi connectivity index (χ3n) is 30.1. The van der Waals surface area contributed by atoms with E-state index in [0.29, 0.717) is 117 Å². The van der Waals surface area contributed by atoms with Gasteiger partial charge in [0.15, 0.2) is 11.4 Å². The van der Waals surface area contributed by atoms with Gasteiger partial charge in [-0.2, -0.15) is 26.3 Å². The van der Waals surface area contributed by atoms with E-state index in [1.165, 1.54) is 39.0 Å². The molecule has 3 aromatic heterocycles. The number of carbonyl (C=O) groups is 6. The fraction of sp³-hybridized carbons (Fsp3) is 0.667. The summed E-state index contributed by atoms with van der Waals surface area (Å²) < 4.78 is 174. The zero-order valence-corrected chi connectivity index (χ0v) is 86.9. The SMILES string of the molecule is CCOc1ccc2nc3c(nc2c1)O[C@H]1CN(C(=O)[C@H](C(C)(C)C)NC(=O)O[C@@H]2CC4CC4[C@H]2CCCCC3(F)F)[C@H]([C-]=O)[C@@H]1C.CCOc1ccc2nc3c(nc2c1)O[C@H]1CN(C(=O)[C@H](C(C)(C)C)NC(=O)O[C@@H]2CC4CC4[C@H]2CCCCC3(F)F)[C@H]([C-]=O)[C@@H]1CC.CC[C@@H]1[C@@H]2CN(C(=O)[C@H](C(C)(C)C)NC(=O)O[C@]3(C)C[C@H]3CCCCC(F)(F)c3cc4ccc(OC(F)F)cc4nc3O2)[C@@H]1[C-]=O.[V].[V].[V]. The number of hydrogen-bond acceptors (Lipinski definition) is 23. The van der Waals surface area contributed by atoms with Crippen LogP contribution in [0.1, 0.15) is 243 Å². The minimum Gasteiger partial charge on any atom is -0.540 e. The molecule has 773 valence electrons. The molecule has 17 rings (SSSR count). The normalized spacial score (nSPS) is 31.3. The number of halogens is 8. The Hall–Kier alpha value is -9.03. The van der Waals surface area contributed by atoms with Gasteiger partial charge in [-0.1, -0.05) is 133 Å². The van der Waals surface area contributed by atoms with Gasteiger partial charge in [-0.3, -0.25) is 14.4 Å². The molecule has 11 aliphatic rings. The molecule has 29 nitrogen and oxygen atoms in total. The van der Waals surface area contributed by atoms with Gasteiger partial charge in [0.1, 0.15) is 71.5 Å². The second-order valence-electron chi connectivity index (χ2n) is 42.9. The van der Waals surface area contributed by atoms with Gasteiger partial charge in [0.2, 0.25) is 35.4 Å². The molecule has 3 N–H and O–H groups in total. The van der Waals surface area contributed by atoms with E-state index in [1.54, 1.807) is 77.9 Å². The minimum atomic E-state index is -3.38. The van der Waals surface area contributed by atoms with Gasteiger partial charge in [0, 0.05) is 104 Å². The molecule has 0 spiro atoms. The number of ether oxygens (including phenoxy) is 9. The molecule has 4 unspecified atom stereocenters. The maximum Gasteiger partial charge on any atom is 0.408 e. The van der Waals surface area contributed by atoms with E-state index < -0.39 is 197 Å². The van der Waals surface area contributed by atoms with Crippen molar-refractivity contribution in [3.63, 3.8) is 0 Å². The molecule has 6 aliphatic heterocycles. The molecule has 40 heteroatoms. The first-order valence-corrected chi connectivity index (χ1v) is 49.1. The molecule has 3 saturated heterocycles. The molecule has 3 aromatic carbocycles. The third-order valence-corrected chi connectivity index (χ3v) is 30.1. The number of alkyl carbamates (subject to hydrolysis) is 3. The summed E-state index contributed by atoms with van der Waals surface area (Å²) in [6.45, 7) is 24.4. The largest absolute Gasteiger partial charge is 0.540 e. The van der Waals surface area contributed by atoms with Crippen LogP contribution >= 0.6 is 0 Å². The Kier molecular flexibility index (Phi) is 35.2. The van der Waals surface area contributed by atoms with Crippen LogP contribution in [0, 0.1) is 75.4 Å². The number of rotatable bonds is 11. The molecule has 6 bridgehead atoms. The van der Waals surface area contributed by atoms with Gasteiger partial charge in [0.25, 0.3) is 17.8 Å². The molecular formula is C102H128F8N11O18V3-3. The maximum absolute atomic E-state index is 16.2. The number of benzene rings is 3. The standard InChI is InChI=1S/C35H45F2N4O6.C34H43F2N4O6.C33H40F4N3O6.3V/c1-6-21-26(18-42)41-17-28(21)46-31-29(38-24-12-11-20(45-7-2)16-25(24)39-31)35(36,37)13-9-8-10-22-23-14-19(23)15-27(22)47-33(44)40-30(32(41)43)34(3,4)5;1-6-44-20-10-11-23-24(15-20)38-30-28(37-23)34(35,36)12-8-7-9-21-22-13-19(22)14-26(21)46-32(43)39-29(33(3,4)5)31(42)40-16-27(45-30)18(2)25(40)17-41;1-6-21-24(17-41)40-16-25(21)45-27-22(13-18-10-11-20(44-29(34)35)14-23(18)38-27)33(36,37)12-8-7-9-19-15-32(19,5)46-30(43)39-26(28(40)42)31(2,3)4;;;/h11-12,16,19,21-23,26-28,30H,6-10,13-15,17H2,1-5H3,(H,40,44);10-11,15,18-19,21-22,25-27,29H,6-9,12-14,16H2,1-5H3,(H,39,43);10-11,13-14,19,21,24-26,29H,6-9,12,15-16H2,1-5H3,(H,39,43);;;/q3*-1;;;/t19?,21-,22+,23?,26+,27+,28-,30+;18-,19?,21+,22?,25+,26+,27-,29+;19-,21+,24-,25+,26-,32-;;;/m001.../s1. The van der Waals surface area contributed by atoms with Crippen molar-refractivity contribution in [2.24, 2.45) is 75.4 Å². The average Bonchev–Trinajstić information content (AvgIpc) is 1.57. The van der Waals surface area contributed by atoms with Gasteiger partial charge in [-0.05, 0) is 203 Å². The molecular weight excluding hydrogens is 1970 g/mol. The van der Waals surface area contributed by atoms with Crippen molar-refractivity contribution in [3.8, 4) is 34.9 Å². The Labute approximate surface area is 857 Å². The fourth-order valence-corrected chi connectivity index (χ4v) is 22.1. The molecule has 142 heavy (non-hydrogen) atoms. The van der Waals surface area contributed by atoms with E-state index in [0.717, 1.165) is 25.7 Å². The summed E-state index contributed by atoms with van der Waals surface area (Å²) in [5.74, 6) is -11.8. The topological polar surface area (TPSA) is 347 Å². The van der Waals surface area contributed by atoms with E-state index in [2.05, 4.69) is 45.6 Å². The Morgan fingerprint density at radius 3 is 1.27 bits per heavy atom. The van der Waals surface area contributed by atoms with E-state index in [-0.39, 0.29) is 164 Å². The smallest absolute Gasteiger partial charge is 0.408 e. The van der Waals surface area contributed by atoms with Crippen molar-refractivity contribution < 1.29 is 177 Å². The van der Waals surface area contributed by atoms with E-state index in [4.69, 9.17) is 37.9 Å². The fourth-order valence-electron chi connectivity index (χ4n) is 22.1. The van der Waals surface area contributed by atoms with Crippen LogP contribution in [-0.4, -0.2) is 206 Å². The van der Waals surface area contributed by atoms with Crippen LogP contribution in [0.15, 0.2) is 60.7 Å². The predicted octanol–water partition coefficient (Wildman–Crippen LogP) is 18.0. The van der Waals surface area contributed by atoms with Crippen LogP contribution in [0.5, 0.6) is 34.9 Å². The monoisotopic (exact) mass is 2100 g/mol. The van der Waals surface area contributed by atoms with Gasteiger partial charge >= 0.3 is 24.9 Å². The number of fused-ring (bicyclic) bond motifs is 19. The van der Waals surface area contributed by atoms with Crippen LogP contribution < -0.4 is 44.4 Å². The Morgan fingerprint density at radius 1 is 0.451 bits per heavy atom. The number of nitrogens with one attached hydrogen (secondary N) is 3. The van der Waals surface area contributed by atoms with Crippen LogP contribution in [-0.2, 0) is 116 Å². The summed E-state index contributed by atoms with van der Waals surface area (Å²) in [5, 5.41) is 8.61. The Morgan fingerprint density at radius 2 is 0.845 bits per heavy atom. The van der Waals surface area contributed by atoms with Gasteiger partial charge < -0.3 is 87.7 Å². The second kappa shape index (κ2) is 44.7. The van der Waals surface area contributed by atoms with Crippen LogP contribution in [0.4, 0.5) is 49.5 Å². The number of alkyl halides is 8. The Bertz CT molecular complexity index is 5570. The predicted molar refractivity (Wildman–Crippen MR) is 493 cm³/mol. The molecule has 22 atom stereocenters. The molecule has 5 aliphatic carbocycles. The molecule has 6 aromatic rings. The number of amides is 6. The quantitative estimate of drug-likeness (QED) is 0.0616. The zero-order chi connectivity index (χ0) is 100. The van der Waals surface area contributed by atoms with E-state index in [9.17, 15) is 51.9 Å². The first-order valence-electron chi connectivity index (χ1n) is 49.1. The van der Waals surface area contributed by atoms with Crippen LogP contribution in [0.3, 0.4) is 0 Å². The third kappa shape index (κ3) is 24.6. The average molecular weight is 2100 g/mol. The maximum atomic E-state index is 16.2. The van der Waals surface area contributed by atoms with Crippen molar-refractivity contribution in [1.82, 2.24) is 55.6 Å². The number of hydrogen-bond donors (Lipinski definition) is 3. The summed E-state index contributed by atoms with van der Waals surface area (Å²) in [6, 6.07) is 8.59. The number of pyridine rings is 1. The van der Waals surface area contributed by atoms with Gasteiger partial charge in [0.05, 0.1) is 66.0 Å². The Balaban J connectivity index is 0.000000188. The first-order chi connectivity index (χ1) is 65.7. The molecule has 5 saturated carbocycles. The number of nitrogens with zero attached hydrogens (tertiary/aromatic N) is 8. The minimum absolute atomic E-state index is 0. The van der Waals surface area contributed by atoms with Gasteiger partial charge in [-0.25, -0.2) is 66.9 Å². The molecule has 6 amide bonds. The summed E-state index contributed by atoms with van der Waals surface area (Å²) in [6.07, 6.45) is 7.91. The number of carbonyl (C=O) groups excluding carboxylic acids is 9. The van der Waals surface area contributed by atoms with Crippen molar-refractivity contribution in [2.75, 3.05) is 32.8 Å². The van der Waals surface area contributed by atoms with Crippen LogP contribution in [0.2, 0.25) is 0 Å². The summed E-state index contributed by atoms with van der Waals surface area (Å²) in [4.78, 5) is 145. The van der Waals surface area contributed by atoms with Crippen molar-refractivity contribution in [2.45, 2.75) is 323 Å². The van der Waals surface area contributed by atoms with Gasteiger partial charge in [-0.15, -0.1) is 0 Å². The van der Waals surface area contributed by atoms with Crippen molar-refractivity contribution >= 4 is 87.8 Å². The first kappa shape index (κ1) is 112. The number of aromatic nitrogens is 5. The van der Waals surface area contributed by atoms with Crippen molar-refractivity contribution in [3.05, 3.63) is 77.6 Å².